The van der Waals surface area contributed by atoms with Crippen LogP contribution in [0.3, 0.4) is 0 Å². The number of hydrogen-bond donors (Lipinski definition) is 1. The van der Waals surface area contributed by atoms with E-state index in [1.54, 1.807) is 29.7 Å². The van der Waals surface area contributed by atoms with Gasteiger partial charge in [0.1, 0.15) is 18.0 Å². The molecule has 0 saturated carbocycles. The first-order chi connectivity index (χ1) is 17.3. The zero-order valence-electron chi connectivity index (χ0n) is 20.6. The SMILES string of the molecule is C=C/C=C(\C(N)c1ncnc(Oc2cc(F)c3c(cc(C)n3CC)c2F)c1C#N)N1CCN(C)CC1. The van der Waals surface area contributed by atoms with Gasteiger partial charge in [-0.05, 0) is 33.0 Å². The van der Waals surface area contributed by atoms with Crippen molar-refractivity contribution in [1.29, 1.82) is 5.26 Å². The van der Waals surface area contributed by atoms with Crippen molar-refractivity contribution in [2.45, 2.75) is 26.4 Å². The molecule has 1 fully saturated rings. The molecule has 1 aromatic carbocycles. The molecule has 0 amide bonds. The number of nitrogens with zero attached hydrogens (tertiary/aromatic N) is 6. The number of nitrogens with two attached hydrogens (primary N) is 1. The third kappa shape index (κ3) is 4.55. The molecule has 188 valence electrons. The zero-order chi connectivity index (χ0) is 26.0. The number of ether oxygens (including phenoxy) is 1. The predicted octanol–water partition coefficient (Wildman–Crippen LogP) is 4.02. The van der Waals surface area contributed by atoms with Gasteiger partial charge in [0.2, 0.25) is 5.88 Å². The summed E-state index contributed by atoms with van der Waals surface area (Å²) in [6.07, 6.45) is 4.63. The largest absolute Gasteiger partial charge is 0.434 e. The molecule has 4 rings (SSSR count). The Bertz CT molecular complexity index is 1370. The van der Waals surface area contributed by atoms with Crippen LogP contribution in [0, 0.1) is 29.9 Å². The minimum Gasteiger partial charge on any atom is -0.434 e. The van der Waals surface area contributed by atoms with E-state index in [0.29, 0.717) is 6.54 Å². The number of fused-ring (bicyclic) bond motifs is 1. The number of allylic oxidation sites excluding steroid dienone is 2. The van der Waals surface area contributed by atoms with E-state index in [9.17, 15) is 9.65 Å². The molecule has 0 spiro atoms. The lowest BCUT2D eigenvalue weighted by atomic mass is 10.0. The number of nitriles is 1. The number of aryl methyl sites for hydroxylation is 2. The first-order valence-corrected chi connectivity index (χ1v) is 11.7. The quantitative estimate of drug-likeness (QED) is 0.497. The molecule has 8 nitrogen and oxygen atoms in total. The molecule has 1 unspecified atom stereocenters. The van der Waals surface area contributed by atoms with E-state index in [2.05, 4.69) is 26.3 Å². The smallest absolute Gasteiger partial charge is 0.240 e. The molecule has 3 heterocycles. The Balaban J connectivity index is 1.73. The van der Waals surface area contributed by atoms with Crippen molar-refractivity contribution in [3.05, 3.63) is 71.5 Å². The van der Waals surface area contributed by atoms with Crippen LogP contribution in [0.5, 0.6) is 11.6 Å². The van der Waals surface area contributed by atoms with Gasteiger partial charge in [-0.15, -0.1) is 0 Å². The molecule has 2 N–H and O–H groups in total. The molecule has 0 aliphatic carbocycles. The molecule has 2 aromatic heterocycles. The highest BCUT2D eigenvalue weighted by atomic mass is 19.1. The fourth-order valence-electron chi connectivity index (χ4n) is 4.60. The molecule has 1 aliphatic heterocycles. The summed E-state index contributed by atoms with van der Waals surface area (Å²) < 4.78 is 37.7. The van der Waals surface area contributed by atoms with Gasteiger partial charge in [-0.25, -0.2) is 18.7 Å². The van der Waals surface area contributed by atoms with Gasteiger partial charge in [-0.1, -0.05) is 12.7 Å². The van der Waals surface area contributed by atoms with Crippen LogP contribution in [0.2, 0.25) is 0 Å². The molecule has 0 radical (unpaired) electrons. The number of piperazine rings is 1. The van der Waals surface area contributed by atoms with Crippen molar-refractivity contribution in [3.63, 3.8) is 0 Å². The van der Waals surface area contributed by atoms with Crippen LogP contribution in [-0.2, 0) is 6.54 Å². The number of hydrogen-bond acceptors (Lipinski definition) is 7. The molecule has 3 aromatic rings. The van der Waals surface area contributed by atoms with Gasteiger partial charge in [-0.3, -0.25) is 0 Å². The molecule has 1 atom stereocenters. The molecule has 0 bridgehead atoms. The Kier molecular flexibility index (Phi) is 7.33. The van der Waals surface area contributed by atoms with Crippen molar-refractivity contribution in [2.75, 3.05) is 33.2 Å². The normalized spacial score (nSPS) is 15.7. The van der Waals surface area contributed by atoms with Gasteiger partial charge in [0.25, 0.3) is 0 Å². The van der Waals surface area contributed by atoms with E-state index in [1.165, 1.54) is 6.33 Å². The Labute approximate surface area is 208 Å². The summed E-state index contributed by atoms with van der Waals surface area (Å²) in [5.74, 6) is -1.94. The van der Waals surface area contributed by atoms with Crippen molar-refractivity contribution >= 4 is 10.9 Å². The summed E-state index contributed by atoms with van der Waals surface area (Å²) in [6.45, 7) is 11.1. The highest BCUT2D eigenvalue weighted by Gasteiger charge is 2.27. The van der Waals surface area contributed by atoms with Crippen molar-refractivity contribution in [2.24, 2.45) is 5.73 Å². The van der Waals surface area contributed by atoms with Gasteiger partial charge < -0.3 is 24.8 Å². The van der Waals surface area contributed by atoms with E-state index in [1.807, 2.05) is 20.0 Å². The Morgan fingerprint density at radius 1 is 1.28 bits per heavy atom. The molecular weight excluding hydrogens is 464 g/mol. The lowest BCUT2D eigenvalue weighted by molar-refractivity contribution is 0.179. The van der Waals surface area contributed by atoms with Crippen molar-refractivity contribution < 1.29 is 13.5 Å². The van der Waals surface area contributed by atoms with Gasteiger partial charge >= 0.3 is 0 Å². The number of aromatic nitrogens is 3. The summed E-state index contributed by atoms with van der Waals surface area (Å²) in [7, 11) is 2.05. The lowest BCUT2D eigenvalue weighted by Gasteiger charge is -2.37. The fourth-order valence-corrected chi connectivity index (χ4v) is 4.60. The second-order valence-electron chi connectivity index (χ2n) is 8.71. The summed E-state index contributed by atoms with van der Waals surface area (Å²) in [5.41, 5.74) is 8.40. The standard InChI is InChI=1S/C26H29F2N7O/c1-5-7-20(34-10-8-33(4)9-11-34)23(30)24-18(14-29)26(32-15-31-24)36-21-13-19(27)25-17(22(21)28)12-16(3)35(25)6-2/h5,7,12-13,15,23H,1,6,8-11,30H2,2-4H3/b20-7+. The second-order valence-corrected chi connectivity index (χ2v) is 8.71. The highest BCUT2D eigenvalue weighted by molar-refractivity contribution is 5.84. The third-order valence-corrected chi connectivity index (χ3v) is 6.49. The lowest BCUT2D eigenvalue weighted by Crippen LogP contribution is -2.45. The van der Waals surface area contributed by atoms with Crippen LogP contribution in [0.1, 0.15) is 29.9 Å². The van der Waals surface area contributed by atoms with E-state index >= 15 is 4.39 Å². The number of rotatable bonds is 7. The topological polar surface area (TPSA) is 96.2 Å². The maximum atomic E-state index is 15.4. The van der Waals surface area contributed by atoms with Gasteiger partial charge in [-0.2, -0.15) is 5.26 Å². The maximum Gasteiger partial charge on any atom is 0.240 e. The summed E-state index contributed by atoms with van der Waals surface area (Å²) in [6, 6.07) is 3.80. The van der Waals surface area contributed by atoms with Crippen LogP contribution >= 0.6 is 0 Å². The number of benzene rings is 1. The van der Waals surface area contributed by atoms with E-state index in [0.717, 1.165) is 43.6 Å². The third-order valence-electron chi connectivity index (χ3n) is 6.49. The van der Waals surface area contributed by atoms with Crippen LogP contribution in [-0.4, -0.2) is 57.6 Å². The molecule has 1 aliphatic rings. The first-order valence-electron chi connectivity index (χ1n) is 11.7. The van der Waals surface area contributed by atoms with Crippen molar-refractivity contribution in [1.82, 2.24) is 24.3 Å². The molecule has 1 saturated heterocycles. The number of halogens is 2. The Morgan fingerprint density at radius 2 is 2.00 bits per heavy atom. The maximum absolute atomic E-state index is 15.4. The first kappa shape index (κ1) is 25.3. The number of likely N-dealkylation sites (N-methyl/N-ethyl adjacent to an activating group) is 1. The van der Waals surface area contributed by atoms with Crippen LogP contribution in [0.25, 0.3) is 10.9 Å². The minimum absolute atomic E-state index is 0.0451. The summed E-state index contributed by atoms with van der Waals surface area (Å²) >= 11 is 0. The average Bonchev–Trinajstić information content (AvgIpc) is 3.22. The fraction of sp³-hybridized carbons (Fsp3) is 0.346. The predicted molar refractivity (Wildman–Crippen MR) is 133 cm³/mol. The van der Waals surface area contributed by atoms with Crippen molar-refractivity contribution in [3.8, 4) is 17.7 Å². The Hall–Kier alpha value is -3.81. The summed E-state index contributed by atoms with van der Waals surface area (Å²) in [5, 5.41) is 10.1. The van der Waals surface area contributed by atoms with Gasteiger partial charge in [0.05, 0.1) is 17.3 Å². The minimum atomic E-state index is -0.781. The van der Waals surface area contributed by atoms with E-state index < -0.39 is 17.7 Å². The van der Waals surface area contributed by atoms with E-state index in [-0.39, 0.29) is 33.8 Å². The Morgan fingerprint density at radius 3 is 2.64 bits per heavy atom. The second kappa shape index (κ2) is 10.4. The van der Waals surface area contributed by atoms with E-state index in [4.69, 9.17) is 10.5 Å². The summed E-state index contributed by atoms with van der Waals surface area (Å²) in [4.78, 5) is 12.6. The van der Waals surface area contributed by atoms with Gasteiger partial charge in [0, 0.05) is 55.6 Å². The van der Waals surface area contributed by atoms with Crippen LogP contribution in [0.4, 0.5) is 8.78 Å². The van der Waals surface area contributed by atoms with Gasteiger partial charge in [0.15, 0.2) is 17.4 Å². The molecular formula is C26H29F2N7O. The molecule has 10 heteroatoms. The van der Waals surface area contributed by atoms with Crippen LogP contribution in [0.15, 0.2) is 42.9 Å². The van der Waals surface area contributed by atoms with Crippen LogP contribution < -0.4 is 10.5 Å². The average molecular weight is 494 g/mol. The monoisotopic (exact) mass is 493 g/mol. The zero-order valence-corrected chi connectivity index (χ0v) is 20.6. The molecule has 36 heavy (non-hydrogen) atoms. The highest BCUT2D eigenvalue weighted by Crippen LogP contribution is 2.36.